The van der Waals surface area contributed by atoms with Gasteiger partial charge in [0.25, 0.3) is 0 Å². The van der Waals surface area contributed by atoms with Crippen LogP contribution in [0.2, 0.25) is 5.02 Å². The zero-order valence-electron chi connectivity index (χ0n) is 25.2. The van der Waals surface area contributed by atoms with Crippen LogP contribution in [0.3, 0.4) is 0 Å². The Morgan fingerprint density at radius 2 is 1.76 bits per heavy atom. The van der Waals surface area contributed by atoms with E-state index >= 15 is 0 Å². The highest BCUT2D eigenvalue weighted by Gasteiger charge is 2.27. The van der Waals surface area contributed by atoms with Crippen molar-refractivity contribution in [2.45, 2.75) is 48.9 Å². The van der Waals surface area contributed by atoms with Crippen LogP contribution in [-0.4, -0.2) is 48.2 Å². The van der Waals surface area contributed by atoms with Crippen LogP contribution >= 0.6 is 34.7 Å². The van der Waals surface area contributed by atoms with E-state index in [4.69, 9.17) is 37.8 Å². The van der Waals surface area contributed by atoms with Gasteiger partial charge >= 0.3 is 5.97 Å². The summed E-state index contributed by atoms with van der Waals surface area (Å²) in [5.74, 6) is 0.733. The topological polar surface area (TPSA) is 155 Å². The number of rotatable bonds is 14. The van der Waals surface area contributed by atoms with Crippen LogP contribution in [0.25, 0.3) is 21.7 Å². The van der Waals surface area contributed by atoms with Crippen LogP contribution in [0, 0.1) is 22.7 Å². The van der Waals surface area contributed by atoms with Crippen LogP contribution < -0.4 is 16.4 Å². The monoisotopic (exact) mass is 671 g/mol. The van der Waals surface area contributed by atoms with E-state index in [0.29, 0.717) is 70.5 Å². The molecule has 2 aromatic heterocycles. The summed E-state index contributed by atoms with van der Waals surface area (Å²) >= 11 is 9.05. The summed E-state index contributed by atoms with van der Waals surface area (Å²) < 4.78 is 5.32. The van der Waals surface area contributed by atoms with Crippen molar-refractivity contribution in [2.75, 3.05) is 31.1 Å². The van der Waals surface area contributed by atoms with E-state index in [1.807, 2.05) is 53.9 Å². The number of nitrogens with two attached hydrogens (primary N) is 2. The van der Waals surface area contributed by atoms with Gasteiger partial charge in [-0.05, 0) is 61.9 Å². The van der Waals surface area contributed by atoms with Crippen molar-refractivity contribution in [3.63, 3.8) is 0 Å². The molecular weight excluding hydrogens is 638 g/mol. The summed E-state index contributed by atoms with van der Waals surface area (Å²) in [5, 5.41) is 24.8. The molecule has 12 heteroatoms. The van der Waals surface area contributed by atoms with Crippen LogP contribution in [0.5, 0.6) is 0 Å². The lowest BCUT2D eigenvalue weighted by molar-refractivity contribution is -0.145. The van der Waals surface area contributed by atoms with Gasteiger partial charge in [0.2, 0.25) is 0 Å². The van der Waals surface area contributed by atoms with E-state index in [9.17, 15) is 15.3 Å². The molecule has 1 atom stereocenters. The minimum atomic E-state index is -0.649. The van der Waals surface area contributed by atoms with Gasteiger partial charge in [-0.25, -0.2) is 9.97 Å². The molecule has 1 aliphatic rings. The molecule has 0 amide bonds. The molecule has 3 heterocycles. The Bertz CT molecular complexity index is 1740. The zero-order valence-corrected chi connectivity index (χ0v) is 27.6. The number of nitrogens with zero attached hydrogens (tertiary/aromatic N) is 5. The van der Waals surface area contributed by atoms with Gasteiger partial charge in [0.15, 0.2) is 0 Å². The van der Waals surface area contributed by atoms with Crippen LogP contribution in [-0.2, 0) is 21.7 Å². The maximum atomic E-state index is 12.1. The highest BCUT2D eigenvalue weighted by atomic mass is 35.5. The summed E-state index contributed by atoms with van der Waals surface area (Å²) in [7, 11) is 0. The van der Waals surface area contributed by atoms with E-state index in [1.165, 1.54) is 11.8 Å². The first kappa shape index (κ1) is 33.4. The van der Waals surface area contributed by atoms with Crippen molar-refractivity contribution >= 4 is 46.5 Å². The van der Waals surface area contributed by atoms with E-state index in [-0.39, 0.29) is 6.61 Å². The number of thioether (sulfide) groups is 1. The standard InChI is InChI=1S/C34H34ClN7O2S2/c35-25-12-10-24(11-13-25)32-40-26(20-45-32)21-46-33-28(19-38)30(27(18-37)31(41-33)42-15-3-16-42)23-8-6-22(7-9-23)4-2-17-44-34(43)29(39)5-1-14-36/h6-13,20,29H,1-5,14-17,21,36,39H2/t29-/m0/s1. The van der Waals surface area contributed by atoms with Gasteiger partial charge in [-0.15, -0.1) is 11.3 Å². The summed E-state index contributed by atoms with van der Waals surface area (Å²) in [4.78, 5) is 23.8. The van der Waals surface area contributed by atoms with Crippen LogP contribution in [0.4, 0.5) is 5.82 Å². The van der Waals surface area contributed by atoms with Crippen molar-refractivity contribution in [3.05, 3.63) is 81.3 Å². The average molecular weight is 672 g/mol. The van der Waals surface area contributed by atoms with E-state index in [0.717, 1.165) is 46.9 Å². The van der Waals surface area contributed by atoms with Gasteiger partial charge in [0, 0.05) is 40.4 Å². The minimum Gasteiger partial charge on any atom is -0.465 e. The molecular formula is C34H34ClN7O2S2. The van der Waals surface area contributed by atoms with E-state index in [1.54, 1.807) is 11.3 Å². The number of hydrogen-bond acceptors (Lipinski definition) is 11. The first-order valence-corrected chi connectivity index (χ1v) is 17.3. The van der Waals surface area contributed by atoms with Crippen LogP contribution in [0.15, 0.2) is 58.9 Å². The number of hydrogen-bond donors (Lipinski definition) is 2. The third-order valence-electron chi connectivity index (χ3n) is 7.64. The summed E-state index contributed by atoms with van der Waals surface area (Å²) in [6.45, 7) is 2.39. The number of pyridine rings is 1. The third kappa shape index (κ3) is 8.05. The smallest absolute Gasteiger partial charge is 0.322 e. The van der Waals surface area contributed by atoms with Crippen molar-refractivity contribution < 1.29 is 9.53 Å². The Labute approximate surface area is 282 Å². The molecule has 0 bridgehead atoms. The molecule has 9 nitrogen and oxygen atoms in total. The molecule has 0 aliphatic carbocycles. The highest BCUT2D eigenvalue weighted by molar-refractivity contribution is 7.98. The molecule has 2 aromatic carbocycles. The Balaban J connectivity index is 1.33. The van der Waals surface area contributed by atoms with Crippen molar-refractivity contribution in [2.24, 2.45) is 11.5 Å². The number of anilines is 1. The quantitative estimate of drug-likeness (QED) is 0.0885. The fourth-order valence-corrected chi connectivity index (χ4v) is 6.93. The summed E-state index contributed by atoms with van der Waals surface area (Å²) in [5.41, 5.74) is 16.4. The first-order chi connectivity index (χ1) is 22.4. The number of nitriles is 2. The second-order valence-corrected chi connectivity index (χ2v) is 13.1. The molecule has 0 spiro atoms. The first-order valence-electron chi connectivity index (χ1n) is 15.1. The Morgan fingerprint density at radius 1 is 1.04 bits per heavy atom. The zero-order chi connectivity index (χ0) is 32.5. The molecule has 4 N–H and O–H groups in total. The number of aromatic nitrogens is 2. The van der Waals surface area contributed by atoms with E-state index in [2.05, 4.69) is 17.0 Å². The Morgan fingerprint density at radius 3 is 2.41 bits per heavy atom. The Kier molecular flexibility index (Phi) is 11.6. The minimum absolute atomic E-state index is 0.276. The molecule has 236 valence electrons. The molecule has 4 aromatic rings. The Hall–Kier alpha value is -3.97. The number of carbonyl (C=O) groups is 1. The average Bonchev–Trinajstić information content (AvgIpc) is 3.53. The van der Waals surface area contributed by atoms with Gasteiger partial charge in [-0.1, -0.05) is 59.8 Å². The fourth-order valence-electron chi connectivity index (χ4n) is 5.00. The molecule has 1 aliphatic heterocycles. The molecule has 0 saturated carbocycles. The predicted molar refractivity (Wildman–Crippen MR) is 184 cm³/mol. The normalized spacial score (nSPS) is 13.0. The summed E-state index contributed by atoms with van der Waals surface area (Å²) in [6, 6.07) is 19.5. The number of carbonyl (C=O) groups excluding carboxylic acids is 1. The number of ether oxygens (including phenoxy) is 1. The molecule has 0 unspecified atom stereocenters. The second-order valence-electron chi connectivity index (χ2n) is 10.9. The van der Waals surface area contributed by atoms with Crippen molar-refractivity contribution in [1.29, 1.82) is 10.5 Å². The lowest BCUT2D eigenvalue weighted by atomic mass is 9.94. The number of aryl methyl sites for hydroxylation is 1. The van der Waals surface area contributed by atoms with Crippen molar-refractivity contribution in [1.82, 2.24) is 9.97 Å². The largest absolute Gasteiger partial charge is 0.465 e. The lowest BCUT2D eigenvalue weighted by Gasteiger charge is -2.33. The van der Waals surface area contributed by atoms with Gasteiger partial charge in [0.1, 0.15) is 39.6 Å². The van der Waals surface area contributed by atoms with Gasteiger partial charge < -0.3 is 21.1 Å². The lowest BCUT2D eigenvalue weighted by Crippen LogP contribution is -2.38. The van der Waals surface area contributed by atoms with Crippen molar-refractivity contribution in [3.8, 4) is 33.8 Å². The highest BCUT2D eigenvalue weighted by Crippen LogP contribution is 2.40. The second kappa shape index (κ2) is 16.0. The molecule has 0 radical (unpaired) electrons. The number of benzene rings is 2. The number of thiazole rings is 1. The van der Waals surface area contributed by atoms with Gasteiger partial charge in [-0.3, -0.25) is 4.79 Å². The molecule has 46 heavy (non-hydrogen) atoms. The molecule has 1 fully saturated rings. The maximum Gasteiger partial charge on any atom is 0.322 e. The molecule has 1 saturated heterocycles. The van der Waals surface area contributed by atoms with Crippen LogP contribution in [0.1, 0.15) is 48.1 Å². The fraction of sp³-hybridized carbons (Fsp3) is 0.324. The third-order valence-corrected chi connectivity index (χ3v) is 9.84. The number of halogens is 1. The maximum absolute atomic E-state index is 12.1. The SMILES string of the molecule is N#Cc1c(SCc2csc(-c3ccc(Cl)cc3)n2)nc(N2CCC2)c(C#N)c1-c1ccc(CCCOC(=O)[C@@H](N)CCCN)cc1. The van der Waals surface area contributed by atoms with Gasteiger partial charge in [-0.2, -0.15) is 10.5 Å². The predicted octanol–water partition coefficient (Wildman–Crippen LogP) is 6.31. The van der Waals surface area contributed by atoms with E-state index < -0.39 is 12.0 Å². The molecule has 5 rings (SSSR count). The number of esters is 1. The van der Waals surface area contributed by atoms with Gasteiger partial charge in [0.05, 0.1) is 17.9 Å². The summed E-state index contributed by atoms with van der Waals surface area (Å²) in [6.07, 6.45) is 3.56.